The van der Waals surface area contributed by atoms with Gasteiger partial charge in [-0.2, -0.15) is 10.2 Å². The molecule has 1 aromatic heterocycles. The molecule has 3 unspecified atom stereocenters. The Morgan fingerprint density at radius 1 is 1.53 bits per heavy atom. The van der Waals surface area contributed by atoms with Gasteiger partial charge in [0.1, 0.15) is 6.10 Å². The molecule has 0 aromatic carbocycles. The molecule has 0 radical (unpaired) electrons. The van der Waals surface area contributed by atoms with Crippen LogP contribution in [-0.2, 0) is 4.74 Å². The molecule has 0 saturated heterocycles. The van der Waals surface area contributed by atoms with Crippen molar-refractivity contribution in [1.82, 2.24) is 10.1 Å². The van der Waals surface area contributed by atoms with E-state index < -0.39 is 0 Å². The first kappa shape index (κ1) is 12.6. The smallest absolute Gasteiger partial charge is 0.231 e. The number of hydrogen-bond acceptors (Lipinski definition) is 5. The standard InChI is InChI=1S/C14H19N3O2/c1-4-18-11(8-5-6-8)12-16-13(19-17-12)10-9(7-15)14(10,2)3/h8-11H,4-6H2,1-3H3. The minimum absolute atomic E-state index is 0.0210. The first-order valence-electron chi connectivity index (χ1n) is 6.94. The molecule has 3 rings (SSSR count). The van der Waals surface area contributed by atoms with E-state index in [4.69, 9.17) is 14.5 Å². The number of nitriles is 1. The van der Waals surface area contributed by atoms with Crippen LogP contribution in [0, 0.1) is 28.6 Å². The maximum Gasteiger partial charge on any atom is 0.231 e. The van der Waals surface area contributed by atoms with Crippen LogP contribution in [0.4, 0.5) is 0 Å². The molecule has 2 aliphatic carbocycles. The average molecular weight is 261 g/mol. The quantitative estimate of drug-likeness (QED) is 0.815. The molecule has 0 N–H and O–H groups in total. The molecule has 2 saturated carbocycles. The zero-order valence-corrected chi connectivity index (χ0v) is 11.6. The van der Waals surface area contributed by atoms with Crippen LogP contribution in [0.1, 0.15) is 57.3 Å². The van der Waals surface area contributed by atoms with E-state index in [9.17, 15) is 0 Å². The van der Waals surface area contributed by atoms with Gasteiger partial charge in [-0.1, -0.05) is 19.0 Å². The number of rotatable bonds is 5. The van der Waals surface area contributed by atoms with Crippen molar-refractivity contribution in [3.05, 3.63) is 11.7 Å². The maximum absolute atomic E-state index is 9.11. The Hall–Kier alpha value is -1.41. The third-order valence-electron chi connectivity index (χ3n) is 4.34. The summed E-state index contributed by atoms with van der Waals surface area (Å²) in [4.78, 5) is 4.49. The minimum atomic E-state index is -0.0563. The van der Waals surface area contributed by atoms with Gasteiger partial charge in [0.15, 0.2) is 0 Å². The minimum Gasteiger partial charge on any atom is -0.370 e. The monoisotopic (exact) mass is 261 g/mol. The third kappa shape index (κ3) is 2.04. The van der Waals surface area contributed by atoms with Crippen molar-refractivity contribution in [2.45, 2.75) is 45.6 Å². The highest BCUT2D eigenvalue weighted by atomic mass is 16.5. The summed E-state index contributed by atoms with van der Waals surface area (Å²) in [6.45, 7) is 6.76. The molecule has 3 atom stereocenters. The molecule has 0 bridgehead atoms. The van der Waals surface area contributed by atoms with E-state index in [1.807, 2.05) is 6.92 Å². The van der Waals surface area contributed by atoms with Crippen LogP contribution in [0.5, 0.6) is 0 Å². The van der Waals surface area contributed by atoms with Gasteiger partial charge in [0.25, 0.3) is 0 Å². The Kier molecular flexibility index (Phi) is 2.86. The summed E-state index contributed by atoms with van der Waals surface area (Å²) < 4.78 is 11.1. The van der Waals surface area contributed by atoms with Crippen LogP contribution in [0.2, 0.25) is 0 Å². The lowest BCUT2D eigenvalue weighted by Gasteiger charge is -2.10. The van der Waals surface area contributed by atoms with Gasteiger partial charge in [-0.05, 0) is 31.1 Å². The normalized spacial score (nSPS) is 29.8. The van der Waals surface area contributed by atoms with Crippen molar-refractivity contribution in [1.29, 1.82) is 5.26 Å². The van der Waals surface area contributed by atoms with Gasteiger partial charge in [0, 0.05) is 6.61 Å². The Labute approximate surface area is 112 Å². The SMILES string of the molecule is CCOC(c1noc(C2C(C#N)C2(C)C)n1)C1CC1. The molecule has 1 heterocycles. The summed E-state index contributed by atoms with van der Waals surface area (Å²) in [5.74, 6) is 1.83. The predicted molar refractivity (Wildman–Crippen MR) is 67.0 cm³/mol. The molecule has 5 heteroatoms. The lowest BCUT2D eigenvalue weighted by atomic mass is 10.1. The van der Waals surface area contributed by atoms with Gasteiger partial charge in [-0.3, -0.25) is 0 Å². The molecule has 2 aliphatic rings. The molecule has 102 valence electrons. The van der Waals surface area contributed by atoms with Gasteiger partial charge < -0.3 is 9.26 Å². The van der Waals surface area contributed by atoms with Crippen LogP contribution in [0.25, 0.3) is 0 Å². The summed E-state index contributed by atoms with van der Waals surface area (Å²) in [5.41, 5.74) is -0.0563. The number of ether oxygens (including phenoxy) is 1. The fraction of sp³-hybridized carbons (Fsp3) is 0.786. The van der Waals surface area contributed by atoms with E-state index >= 15 is 0 Å². The van der Waals surface area contributed by atoms with Crippen molar-refractivity contribution in [3.8, 4) is 6.07 Å². The first-order chi connectivity index (χ1) is 9.09. The third-order valence-corrected chi connectivity index (χ3v) is 4.34. The van der Waals surface area contributed by atoms with E-state index in [2.05, 4.69) is 30.1 Å². The van der Waals surface area contributed by atoms with Gasteiger partial charge in [-0.15, -0.1) is 0 Å². The Morgan fingerprint density at radius 3 is 2.79 bits per heavy atom. The molecule has 0 spiro atoms. The average Bonchev–Trinajstić information content (AvgIpc) is 3.23. The summed E-state index contributed by atoms with van der Waals surface area (Å²) >= 11 is 0. The molecule has 0 aliphatic heterocycles. The van der Waals surface area contributed by atoms with E-state index in [1.165, 1.54) is 12.8 Å². The first-order valence-corrected chi connectivity index (χ1v) is 6.94. The predicted octanol–water partition coefficient (Wildman–Crippen LogP) is 2.82. The molecule has 1 aromatic rings. The summed E-state index contributed by atoms with van der Waals surface area (Å²) in [5, 5.41) is 13.2. The second-order valence-electron chi connectivity index (χ2n) is 6.11. The van der Waals surface area contributed by atoms with Crippen molar-refractivity contribution < 1.29 is 9.26 Å². The lowest BCUT2D eigenvalue weighted by molar-refractivity contribution is 0.0384. The number of aromatic nitrogens is 2. The van der Waals surface area contributed by atoms with E-state index in [0.717, 1.165) is 0 Å². The van der Waals surface area contributed by atoms with Gasteiger partial charge >= 0.3 is 0 Å². The molecule has 2 fully saturated rings. The topological polar surface area (TPSA) is 71.9 Å². The molecular weight excluding hydrogens is 242 g/mol. The highest BCUT2D eigenvalue weighted by molar-refractivity contribution is 5.26. The van der Waals surface area contributed by atoms with Crippen molar-refractivity contribution in [2.75, 3.05) is 6.61 Å². The van der Waals surface area contributed by atoms with E-state index in [-0.39, 0.29) is 23.4 Å². The lowest BCUT2D eigenvalue weighted by Crippen LogP contribution is -2.08. The number of nitrogens with zero attached hydrogens (tertiary/aromatic N) is 3. The maximum atomic E-state index is 9.11. The molecule has 19 heavy (non-hydrogen) atoms. The van der Waals surface area contributed by atoms with Gasteiger partial charge in [-0.25, -0.2) is 0 Å². The van der Waals surface area contributed by atoms with Gasteiger partial charge in [0.2, 0.25) is 11.7 Å². The summed E-state index contributed by atoms with van der Waals surface area (Å²) in [6, 6.07) is 2.32. The summed E-state index contributed by atoms with van der Waals surface area (Å²) in [6.07, 6.45) is 2.30. The number of hydrogen-bond donors (Lipinski definition) is 0. The highest BCUT2D eigenvalue weighted by Gasteiger charge is 2.62. The molecule has 5 nitrogen and oxygen atoms in total. The summed E-state index contributed by atoms with van der Waals surface area (Å²) in [7, 11) is 0. The second kappa shape index (κ2) is 4.31. The van der Waals surface area contributed by atoms with Crippen molar-refractivity contribution in [2.24, 2.45) is 17.3 Å². The van der Waals surface area contributed by atoms with E-state index in [0.29, 0.717) is 24.2 Å². The second-order valence-corrected chi connectivity index (χ2v) is 6.11. The van der Waals surface area contributed by atoms with E-state index in [1.54, 1.807) is 0 Å². The fourth-order valence-corrected chi connectivity index (χ4v) is 2.83. The van der Waals surface area contributed by atoms with Crippen LogP contribution in [0.3, 0.4) is 0 Å². The Balaban J connectivity index is 1.78. The zero-order valence-electron chi connectivity index (χ0n) is 11.6. The zero-order chi connectivity index (χ0) is 13.6. The van der Waals surface area contributed by atoms with Crippen LogP contribution >= 0.6 is 0 Å². The van der Waals surface area contributed by atoms with Crippen molar-refractivity contribution in [3.63, 3.8) is 0 Å². The van der Waals surface area contributed by atoms with Crippen LogP contribution in [0.15, 0.2) is 4.52 Å². The Morgan fingerprint density at radius 2 is 2.26 bits per heavy atom. The van der Waals surface area contributed by atoms with Crippen LogP contribution in [-0.4, -0.2) is 16.7 Å². The molecular formula is C14H19N3O2. The fourth-order valence-electron chi connectivity index (χ4n) is 2.83. The highest BCUT2D eigenvalue weighted by Crippen LogP contribution is 2.63. The van der Waals surface area contributed by atoms with Crippen molar-refractivity contribution >= 4 is 0 Å². The molecule has 0 amide bonds. The largest absolute Gasteiger partial charge is 0.370 e. The van der Waals surface area contributed by atoms with Gasteiger partial charge in [0.05, 0.1) is 17.9 Å². The Bertz CT molecular complexity index is 513. The van der Waals surface area contributed by atoms with Crippen LogP contribution < -0.4 is 0 Å².